The highest BCUT2D eigenvalue weighted by Gasteiger charge is 2.31. The van der Waals surface area contributed by atoms with Gasteiger partial charge >= 0.3 is 17.9 Å². The van der Waals surface area contributed by atoms with Crippen LogP contribution in [0.25, 0.3) is 32.7 Å². The zero-order chi connectivity index (χ0) is 20.7. The van der Waals surface area contributed by atoms with E-state index in [1.54, 1.807) is 36.4 Å². The average molecular weight is 386 g/mol. The van der Waals surface area contributed by atoms with Crippen molar-refractivity contribution in [3.05, 3.63) is 83.4 Å². The first-order chi connectivity index (χ1) is 13.9. The van der Waals surface area contributed by atoms with Gasteiger partial charge in [-0.3, -0.25) is 0 Å². The van der Waals surface area contributed by atoms with Crippen LogP contribution < -0.4 is 0 Å². The molecule has 0 atom stereocenters. The van der Waals surface area contributed by atoms with Gasteiger partial charge in [-0.15, -0.1) is 0 Å². The van der Waals surface area contributed by atoms with Crippen molar-refractivity contribution >= 4 is 39.5 Å². The molecule has 0 aliphatic carbocycles. The number of carboxylic acid groups (broad SMARTS) is 3. The Bertz CT molecular complexity index is 1330. The van der Waals surface area contributed by atoms with Gasteiger partial charge in [0, 0.05) is 5.56 Å². The average Bonchev–Trinajstić information content (AvgIpc) is 2.71. The molecule has 3 N–H and O–H groups in total. The Morgan fingerprint density at radius 1 is 0.517 bits per heavy atom. The fourth-order valence-electron chi connectivity index (χ4n) is 3.81. The van der Waals surface area contributed by atoms with E-state index in [2.05, 4.69) is 0 Å². The minimum atomic E-state index is -1.50. The number of benzene rings is 4. The summed E-state index contributed by atoms with van der Waals surface area (Å²) >= 11 is 0. The molecule has 4 aromatic carbocycles. The molecule has 0 bridgehead atoms. The maximum Gasteiger partial charge on any atom is 0.337 e. The molecule has 4 aromatic rings. The first-order valence-corrected chi connectivity index (χ1v) is 8.68. The summed E-state index contributed by atoms with van der Waals surface area (Å²) in [6.07, 6.45) is 0. The Morgan fingerprint density at radius 2 is 1.00 bits per heavy atom. The van der Waals surface area contributed by atoms with Crippen LogP contribution in [-0.2, 0) is 0 Å². The van der Waals surface area contributed by atoms with E-state index in [1.807, 2.05) is 18.2 Å². The highest BCUT2D eigenvalue weighted by atomic mass is 16.4. The van der Waals surface area contributed by atoms with E-state index < -0.39 is 29.0 Å². The molecule has 0 aliphatic rings. The smallest absolute Gasteiger partial charge is 0.337 e. The van der Waals surface area contributed by atoms with Gasteiger partial charge in [-0.25, -0.2) is 14.4 Å². The van der Waals surface area contributed by atoms with Crippen LogP contribution >= 0.6 is 0 Å². The van der Waals surface area contributed by atoms with Crippen molar-refractivity contribution in [3.8, 4) is 11.1 Å². The van der Waals surface area contributed by atoms with Gasteiger partial charge in [-0.2, -0.15) is 0 Å². The van der Waals surface area contributed by atoms with E-state index in [0.29, 0.717) is 10.9 Å². The maximum absolute atomic E-state index is 12.3. The Morgan fingerprint density at radius 3 is 1.59 bits per heavy atom. The summed E-state index contributed by atoms with van der Waals surface area (Å²) in [4.78, 5) is 36.5. The first kappa shape index (κ1) is 18.2. The van der Waals surface area contributed by atoms with Gasteiger partial charge in [-0.05, 0) is 27.1 Å². The van der Waals surface area contributed by atoms with Crippen LogP contribution in [0.4, 0.5) is 0 Å². The van der Waals surface area contributed by atoms with Gasteiger partial charge in [-0.1, -0.05) is 66.7 Å². The third-order valence-corrected chi connectivity index (χ3v) is 4.92. The number of rotatable bonds is 4. The molecular weight excluding hydrogens is 372 g/mol. The van der Waals surface area contributed by atoms with Gasteiger partial charge in [0.15, 0.2) is 0 Å². The van der Waals surface area contributed by atoms with Gasteiger partial charge in [0.05, 0.1) is 16.7 Å². The molecular formula is C23H14O6. The Balaban J connectivity index is 2.34. The number of fused-ring (bicyclic) bond motifs is 2. The second-order valence-electron chi connectivity index (χ2n) is 6.49. The van der Waals surface area contributed by atoms with Crippen LogP contribution in [-0.4, -0.2) is 33.2 Å². The predicted molar refractivity (Wildman–Crippen MR) is 108 cm³/mol. The lowest BCUT2D eigenvalue weighted by molar-refractivity contribution is 0.0652. The summed E-state index contributed by atoms with van der Waals surface area (Å²) in [5, 5.41) is 31.4. The van der Waals surface area contributed by atoms with Crippen LogP contribution in [0.2, 0.25) is 0 Å². The van der Waals surface area contributed by atoms with E-state index in [-0.39, 0.29) is 21.9 Å². The largest absolute Gasteiger partial charge is 0.478 e. The second kappa shape index (κ2) is 6.76. The van der Waals surface area contributed by atoms with E-state index in [0.717, 1.165) is 5.39 Å². The molecule has 0 unspecified atom stereocenters. The van der Waals surface area contributed by atoms with Crippen molar-refractivity contribution in [2.45, 2.75) is 0 Å². The number of carboxylic acids is 3. The van der Waals surface area contributed by atoms with Crippen LogP contribution in [0.5, 0.6) is 0 Å². The summed E-state index contributed by atoms with van der Waals surface area (Å²) in [7, 11) is 0. The standard InChI is InChI=1S/C23H14O6/c24-21(25)18-15-9-3-4-10-16(15)19(22(26)27)20(23(28)29)17(18)14-11-5-7-12-6-1-2-8-13(12)14/h1-11H,(H,24,25)(H,26,27)(H,28,29). The van der Waals surface area contributed by atoms with Crippen LogP contribution in [0.15, 0.2) is 66.7 Å². The highest BCUT2D eigenvalue weighted by Crippen LogP contribution is 2.40. The maximum atomic E-state index is 12.3. The minimum absolute atomic E-state index is 0.0683. The fraction of sp³-hybridized carbons (Fsp3) is 0. The zero-order valence-corrected chi connectivity index (χ0v) is 14.9. The molecule has 0 saturated carbocycles. The Hall–Kier alpha value is -4.19. The molecule has 0 fully saturated rings. The van der Waals surface area contributed by atoms with E-state index in [4.69, 9.17) is 0 Å². The van der Waals surface area contributed by atoms with E-state index >= 15 is 0 Å². The lowest BCUT2D eigenvalue weighted by Crippen LogP contribution is -2.15. The lowest BCUT2D eigenvalue weighted by atomic mass is 9.84. The van der Waals surface area contributed by atoms with Crippen molar-refractivity contribution < 1.29 is 29.7 Å². The molecule has 0 aliphatic heterocycles. The van der Waals surface area contributed by atoms with Gasteiger partial charge in [0.25, 0.3) is 0 Å². The van der Waals surface area contributed by atoms with Crippen LogP contribution in [0.3, 0.4) is 0 Å². The monoisotopic (exact) mass is 386 g/mol. The zero-order valence-electron chi connectivity index (χ0n) is 14.9. The normalized spacial score (nSPS) is 10.9. The summed E-state index contributed by atoms with van der Waals surface area (Å²) in [5.74, 6) is -4.26. The van der Waals surface area contributed by atoms with Gasteiger partial charge < -0.3 is 15.3 Å². The molecule has 0 amide bonds. The van der Waals surface area contributed by atoms with Crippen LogP contribution in [0, 0.1) is 0 Å². The Kier molecular flexibility index (Phi) is 4.24. The minimum Gasteiger partial charge on any atom is -0.478 e. The summed E-state index contributed by atoms with van der Waals surface area (Å²) < 4.78 is 0. The molecule has 0 aromatic heterocycles. The van der Waals surface area contributed by atoms with Gasteiger partial charge in [0.2, 0.25) is 0 Å². The van der Waals surface area contributed by atoms with Crippen molar-refractivity contribution in [1.29, 1.82) is 0 Å². The molecule has 142 valence electrons. The molecule has 6 heteroatoms. The van der Waals surface area contributed by atoms with E-state index in [1.165, 1.54) is 12.1 Å². The van der Waals surface area contributed by atoms with Crippen LogP contribution in [0.1, 0.15) is 31.1 Å². The van der Waals surface area contributed by atoms with Gasteiger partial charge in [0.1, 0.15) is 0 Å². The topological polar surface area (TPSA) is 112 Å². The highest BCUT2D eigenvalue weighted by molar-refractivity contribution is 6.23. The third-order valence-electron chi connectivity index (χ3n) is 4.92. The molecule has 6 nitrogen and oxygen atoms in total. The van der Waals surface area contributed by atoms with Crippen molar-refractivity contribution in [2.24, 2.45) is 0 Å². The quantitative estimate of drug-likeness (QED) is 0.466. The number of hydrogen-bond donors (Lipinski definition) is 3. The fourth-order valence-corrected chi connectivity index (χ4v) is 3.81. The summed E-state index contributed by atoms with van der Waals surface area (Å²) in [5.41, 5.74) is -0.964. The number of hydrogen-bond acceptors (Lipinski definition) is 3. The second-order valence-corrected chi connectivity index (χ2v) is 6.49. The predicted octanol–water partition coefficient (Wildman–Crippen LogP) is 4.75. The van der Waals surface area contributed by atoms with E-state index in [9.17, 15) is 29.7 Å². The number of aromatic carboxylic acids is 3. The molecule has 0 saturated heterocycles. The molecule has 0 spiro atoms. The Labute approximate surface area is 164 Å². The number of carbonyl (C=O) groups is 3. The van der Waals surface area contributed by atoms with Crippen molar-refractivity contribution in [3.63, 3.8) is 0 Å². The molecule has 0 radical (unpaired) electrons. The van der Waals surface area contributed by atoms with Crippen molar-refractivity contribution in [2.75, 3.05) is 0 Å². The molecule has 0 heterocycles. The van der Waals surface area contributed by atoms with Crippen molar-refractivity contribution in [1.82, 2.24) is 0 Å². The first-order valence-electron chi connectivity index (χ1n) is 8.68. The summed E-state index contributed by atoms with van der Waals surface area (Å²) in [6.45, 7) is 0. The molecule has 29 heavy (non-hydrogen) atoms. The SMILES string of the molecule is O=C(O)c1c(-c2cccc3ccccc23)c(C(=O)O)c2ccccc2c1C(=O)O. The summed E-state index contributed by atoms with van der Waals surface area (Å²) in [6, 6.07) is 18.3. The third kappa shape index (κ3) is 2.78. The molecule has 4 rings (SSSR count). The lowest BCUT2D eigenvalue weighted by Gasteiger charge is -2.18.